The molecule has 0 heterocycles. The molecule has 0 unspecified atom stereocenters. The molecule has 0 spiro atoms. The fourth-order valence-electron chi connectivity index (χ4n) is 3.08. The van der Waals surface area contributed by atoms with E-state index in [1.165, 1.54) is 22.9 Å². The Labute approximate surface area is 149 Å². The van der Waals surface area contributed by atoms with Gasteiger partial charge in [0, 0.05) is 0 Å². The van der Waals surface area contributed by atoms with E-state index in [0.717, 1.165) is 34.4 Å². The molecular weight excluding hydrogens is 333 g/mol. The van der Waals surface area contributed by atoms with Crippen LogP contribution in [-0.2, 0) is 6.18 Å². The van der Waals surface area contributed by atoms with Gasteiger partial charge in [0.1, 0.15) is 0 Å². The molecule has 0 atom stereocenters. The van der Waals surface area contributed by atoms with Crippen LogP contribution in [-0.4, -0.2) is 0 Å². The number of benzene rings is 4. The van der Waals surface area contributed by atoms with Gasteiger partial charge in [0.05, 0.1) is 5.56 Å². The van der Waals surface area contributed by atoms with Crippen LogP contribution in [0.3, 0.4) is 0 Å². The maximum absolute atomic E-state index is 12.7. The summed E-state index contributed by atoms with van der Waals surface area (Å²) < 4.78 is 38.0. The summed E-state index contributed by atoms with van der Waals surface area (Å²) in [7, 11) is 0. The highest BCUT2D eigenvalue weighted by Gasteiger charge is 2.29. The fraction of sp³-hybridized carbons (Fsp3) is 0.0435. The van der Waals surface area contributed by atoms with Crippen LogP contribution in [0.4, 0.5) is 13.2 Å². The Morgan fingerprint density at radius 3 is 1.50 bits per heavy atom. The van der Waals surface area contributed by atoms with Gasteiger partial charge in [-0.2, -0.15) is 13.2 Å². The van der Waals surface area contributed by atoms with E-state index in [1.807, 2.05) is 36.4 Å². The van der Waals surface area contributed by atoms with Crippen LogP contribution in [0.25, 0.3) is 33.0 Å². The second-order valence-corrected chi connectivity index (χ2v) is 6.21. The van der Waals surface area contributed by atoms with Gasteiger partial charge < -0.3 is 0 Å². The van der Waals surface area contributed by atoms with Crippen molar-refractivity contribution in [1.29, 1.82) is 0 Å². The highest BCUT2D eigenvalue weighted by molar-refractivity contribution is 5.87. The lowest BCUT2D eigenvalue weighted by Gasteiger charge is -2.09. The van der Waals surface area contributed by atoms with Gasteiger partial charge in [-0.15, -0.1) is 0 Å². The molecule has 0 aliphatic carbocycles. The molecule has 26 heavy (non-hydrogen) atoms. The van der Waals surface area contributed by atoms with Gasteiger partial charge in [-0.1, -0.05) is 72.8 Å². The van der Waals surface area contributed by atoms with Crippen molar-refractivity contribution >= 4 is 10.8 Å². The highest BCUT2D eigenvalue weighted by atomic mass is 19.4. The lowest BCUT2D eigenvalue weighted by atomic mass is 9.98. The summed E-state index contributed by atoms with van der Waals surface area (Å²) in [5, 5.41) is 2.37. The van der Waals surface area contributed by atoms with E-state index in [2.05, 4.69) is 30.3 Å². The zero-order valence-electron chi connectivity index (χ0n) is 13.8. The van der Waals surface area contributed by atoms with E-state index in [1.54, 1.807) is 0 Å². The van der Waals surface area contributed by atoms with Crippen molar-refractivity contribution in [1.82, 2.24) is 0 Å². The van der Waals surface area contributed by atoms with Crippen LogP contribution in [0.2, 0.25) is 0 Å². The number of fused-ring (bicyclic) bond motifs is 1. The largest absolute Gasteiger partial charge is 0.416 e. The Hall–Kier alpha value is -3.07. The normalized spacial score (nSPS) is 11.7. The molecule has 0 nitrogen and oxygen atoms in total. The summed E-state index contributed by atoms with van der Waals surface area (Å²) >= 11 is 0. The second-order valence-electron chi connectivity index (χ2n) is 6.21. The van der Waals surface area contributed by atoms with Crippen molar-refractivity contribution in [2.24, 2.45) is 0 Å². The van der Waals surface area contributed by atoms with Gasteiger partial charge >= 0.3 is 6.18 Å². The maximum Gasteiger partial charge on any atom is 0.416 e. The van der Waals surface area contributed by atoms with Crippen molar-refractivity contribution in [2.45, 2.75) is 6.18 Å². The number of rotatable bonds is 2. The Morgan fingerprint density at radius 2 is 0.923 bits per heavy atom. The quantitative estimate of drug-likeness (QED) is 0.359. The zero-order valence-corrected chi connectivity index (χ0v) is 13.8. The maximum atomic E-state index is 12.7. The van der Waals surface area contributed by atoms with Gasteiger partial charge in [-0.3, -0.25) is 0 Å². The van der Waals surface area contributed by atoms with Gasteiger partial charge in [-0.25, -0.2) is 0 Å². The van der Waals surface area contributed by atoms with Crippen molar-refractivity contribution in [3.8, 4) is 22.3 Å². The Balaban J connectivity index is 1.63. The molecule has 0 amide bonds. The third-order valence-electron chi connectivity index (χ3n) is 4.51. The van der Waals surface area contributed by atoms with Crippen LogP contribution >= 0.6 is 0 Å². The summed E-state index contributed by atoms with van der Waals surface area (Å²) in [6, 6.07) is 27.6. The van der Waals surface area contributed by atoms with Gasteiger partial charge in [-0.05, 0) is 51.2 Å². The Morgan fingerprint density at radius 1 is 0.462 bits per heavy atom. The van der Waals surface area contributed by atoms with Gasteiger partial charge in [0.25, 0.3) is 0 Å². The standard InChI is InChI=1S/C23H15F3/c24-23(25,26)22-13-11-18(12-14-22)17-5-7-19(8-6-17)21-10-9-16-3-1-2-4-20(16)15-21/h1-15H. The van der Waals surface area contributed by atoms with Crippen molar-refractivity contribution in [3.05, 3.63) is 96.6 Å². The first-order chi connectivity index (χ1) is 12.5. The minimum absolute atomic E-state index is 0.631. The molecule has 0 aliphatic heterocycles. The first kappa shape index (κ1) is 16.4. The second kappa shape index (κ2) is 6.34. The lowest BCUT2D eigenvalue weighted by Crippen LogP contribution is -2.03. The minimum atomic E-state index is -4.31. The van der Waals surface area contributed by atoms with Crippen LogP contribution in [0.15, 0.2) is 91.0 Å². The number of hydrogen-bond donors (Lipinski definition) is 0. The van der Waals surface area contributed by atoms with Crippen molar-refractivity contribution in [2.75, 3.05) is 0 Å². The van der Waals surface area contributed by atoms with Crippen LogP contribution in [0, 0.1) is 0 Å². The molecule has 0 aromatic heterocycles. The summed E-state index contributed by atoms with van der Waals surface area (Å²) in [4.78, 5) is 0. The molecule has 128 valence electrons. The fourth-order valence-corrected chi connectivity index (χ4v) is 3.08. The molecule has 0 fully saturated rings. The highest BCUT2D eigenvalue weighted by Crippen LogP contribution is 2.32. The van der Waals surface area contributed by atoms with Crippen molar-refractivity contribution in [3.63, 3.8) is 0 Å². The molecule has 0 saturated heterocycles. The third-order valence-corrected chi connectivity index (χ3v) is 4.51. The zero-order chi connectivity index (χ0) is 18.1. The summed E-state index contributed by atoms with van der Waals surface area (Å²) in [5.74, 6) is 0. The molecule has 0 radical (unpaired) electrons. The SMILES string of the molecule is FC(F)(F)c1ccc(-c2ccc(-c3ccc4ccccc4c3)cc2)cc1. The van der Waals surface area contributed by atoms with E-state index < -0.39 is 11.7 Å². The molecule has 0 bridgehead atoms. The smallest absolute Gasteiger partial charge is 0.166 e. The molecule has 0 N–H and O–H groups in total. The molecule has 3 heteroatoms. The van der Waals surface area contributed by atoms with E-state index in [-0.39, 0.29) is 0 Å². The predicted octanol–water partition coefficient (Wildman–Crippen LogP) is 7.19. The van der Waals surface area contributed by atoms with E-state index in [0.29, 0.717) is 0 Å². The third kappa shape index (κ3) is 3.21. The average molecular weight is 348 g/mol. The van der Waals surface area contributed by atoms with Gasteiger partial charge in [0.2, 0.25) is 0 Å². The summed E-state index contributed by atoms with van der Waals surface area (Å²) in [6.45, 7) is 0. The molecule has 4 aromatic rings. The average Bonchev–Trinajstić information content (AvgIpc) is 2.67. The monoisotopic (exact) mass is 348 g/mol. The molecular formula is C23H15F3. The Kier molecular flexibility index (Phi) is 4.00. The van der Waals surface area contributed by atoms with Crippen LogP contribution in [0.5, 0.6) is 0 Å². The van der Waals surface area contributed by atoms with Crippen LogP contribution < -0.4 is 0 Å². The van der Waals surface area contributed by atoms with Crippen molar-refractivity contribution < 1.29 is 13.2 Å². The topological polar surface area (TPSA) is 0 Å². The van der Waals surface area contributed by atoms with Crippen LogP contribution in [0.1, 0.15) is 5.56 Å². The first-order valence-electron chi connectivity index (χ1n) is 8.28. The predicted molar refractivity (Wildman–Crippen MR) is 99.8 cm³/mol. The summed E-state index contributed by atoms with van der Waals surface area (Å²) in [6.07, 6.45) is -4.31. The van der Waals surface area contributed by atoms with E-state index in [4.69, 9.17) is 0 Å². The molecule has 4 aromatic carbocycles. The van der Waals surface area contributed by atoms with Gasteiger partial charge in [0.15, 0.2) is 0 Å². The first-order valence-corrected chi connectivity index (χ1v) is 8.28. The molecule has 0 saturated carbocycles. The van der Waals surface area contributed by atoms with E-state index >= 15 is 0 Å². The Bertz CT molecular complexity index is 1040. The molecule has 0 aliphatic rings. The minimum Gasteiger partial charge on any atom is -0.166 e. The van der Waals surface area contributed by atoms with E-state index in [9.17, 15) is 13.2 Å². The molecule has 4 rings (SSSR count). The number of halogens is 3. The number of hydrogen-bond acceptors (Lipinski definition) is 0. The lowest BCUT2D eigenvalue weighted by molar-refractivity contribution is -0.137. The summed E-state index contributed by atoms with van der Waals surface area (Å²) in [5.41, 5.74) is 3.22. The number of alkyl halides is 3.